The van der Waals surface area contributed by atoms with Crippen LogP contribution in [0.15, 0.2) is 18.2 Å². The summed E-state index contributed by atoms with van der Waals surface area (Å²) in [5.74, 6) is -0.0660. The third-order valence-electron chi connectivity index (χ3n) is 1.97. The van der Waals surface area contributed by atoms with Gasteiger partial charge in [0.2, 0.25) is 0 Å². The van der Waals surface area contributed by atoms with Gasteiger partial charge in [0, 0.05) is 18.1 Å². The molecule has 0 fully saturated rings. The highest BCUT2D eigenvalue weighted by Gasteiger charge is 2.15. The first kappa shape index (κ1) is 11.8. The average Bonchev–Trinajstić information content (AvgIpc) is 2.17. The Morgan fingerprint density at radius 1 is 1.53 bits per heavy atom. The van der Waals surface area contributed by atoms with Crippen LogP contribution in [0.4, 0.5) is 5.69 Å². The van der Waals surface area contributed by atoms with Crippen molar-refractivity contribution in [2.24, 2.45) is 0 Å². The van der Waals surface area contributed by atoms with E-state index in [0.717, 1.165) is 5.56 Å². The van der Waals surface area contributed by atoms with E-state index in [4.69, 9.17) is 0 Å². The second-order valence-electron chi connectivity index (χ2n) is 3.24. The van der Waals surface area contributed by atoms with Gasteiger partial charge < -0.3 is 0 Å². The second-order valence-corrected chi connectivity index (χ2v) is 3.80. The summed E-state index contributed by atoms with van der Waals surface area (Å²) >= 11 is 3.03. The Morgan fingerprint density at radius 3 is 2.73 bits per heavy atom. The zero-order chi connectivity index (χ0) is 11.4. The number of ketones is 1. The summed E-state index contributed by atoms with van der Waals surface area (Å²) in [5.41, 5.74) is 1.40. The molecule has 0 aromatic heterocycles. The average molecular weight is 272 g/mol. The molecule has 0 saturated carbocycles. The van der Waals surface area contributed by atoms with Crippen LogP contribution in [0.25, 0.3) is 0 Å². The highest BCUT2D eigenvalue weighted by atomic mass is 79.9. The molecule has 0 N–H and O–H groups in total. The SMILES string of the molecule is Cc1ccc([N+](=O)[O-])c(CC(=O)CBr)c1. The number of hydrogen-bond donors (Lipinski definition) is 0. The van der Waals surface area contributed by atoms with Crippen LogP contribution in [0.3, 0.4) is 0 Å². The van der Waals surface area contributed by atoms with E-state index in [1.165, 1.54) is 6.07 Å². The lowest BCUT2D eigenvalue weighted by molar-refractivity contribution is -0.385. The van der Waals surface area contributed by atoms with Crippen LogP contribution in [0, 0.1) is 17.0 Å². The lowest BCUT2D eigenvalue weighted by Gasteiger charge is -2.02. The Balaban J connectivity index is 3.07. The number of Topliss-reactive ketones (excluding diaryl/α,β-unsaturated/α-hetero) is 1. The summed E-state index contributed by atoms with van der Waals surface area (Å²) in [4.78, 5) is 21.4. The minimum absolute atomic E-state index is 0.00917. The number of nitro benzene ring substituents is 1. The minimum atomic E-state index is -0.462. The van der Waals surface area contributed by atoms with Crippen molar-refractivity contribution in [1.29, 1.82) is 0 Å². The zero-order valence-electron chi connectivity index (χ0n) is 8.20. The maximum Gasteiger partial charge on any atom is 0.273 e. The monoisotopic (exact) mass is 271 g/mol. The van der Waals surface area contributed by atoms with E-state index < -0.39 is 4.92 Å². The number of aryl methyl sites for hydroxylation is 1. The molecule has 0 aliphatic carbocycles. The molecule has 1 aromatic rings. The molecule has 15 heavy (non-hydrogen) atoms. The van der Waals surface area contributed by atoms with Crippen LogP contribution in [-0.4, -0.2) is 16.0 Å². The molecule has 0 saturated heterocycles. The van der Waals surface area contributed by atoms with Gasteiger partial charge in [0.15, 0.2) is 0 Å². The fraction of sp³-hybridized carbons (Fsp3) is 0.300. The number of carbonyl (C=O) groups excluding carboxylic acids is 1. The minimum Gasteiger partial charge on any atom is -0.298 e. The van der Waals surface area contributed by atoms with E-state index >= 15 is 0 Å². The summed E-state index contributed by atoms with van der Waals surface area (Å²) in [6, 6.07) is 4.78. The molecule has 4 nitrogen and oxygen atoms in total. The topological polar surface area (TPSA) is 60.2 Å². The van der Waals surface area contributed by atoms with Crippen LogP contribution in [-0.2, 0) is 11.2 Å². The maximum atomic E-state index is 11.2. The fourth-order valence-corrected chi connectivity index (χ4v) is 1.49. The number of carbonyl (C=O) groups is 1. The second kappa shape index (κ2) is 5.02. The third-order valence-corrected chi connectivity index (χ3v) is 2.59. The summed E-state index contributed by atoms with van der Waals surface area (Å²) in [6.45, 7) is 1.84. The molecular weight excluding hydrogens is 262 g/mol. The molecule has 0 radical (unpaired) electrons. The Bertz CT molecular complexity index is 404. The van der Waals surface area contributed by atoms with E-state index in [2.05, 4.69) is 15.9 Å². The van der Waals surface area contributed by atoms with Crippen molar-refractivity contribution in [2.75, 3.05) is 5.33 Å². The summed E-state index contributed by atoms with van der Waals surface area (Å²) in [5, 5.41) is 10.9. The van der Waals surface area contributed by atoms with Crippen molar-refractivity contribution in [3.8, 4) is 0 Å². The maximum absolute atomic E-state index is 11.2. The van der Waals surface area contributed by atoms with E-state index in [1.54, 1.807) is 12.1 Å². The van der Waals surface area contributed by atoms with Crippen molar-refractivity contribution in [2.45, 2.75) is 13.3 Å². The largest absolute Gasteiger partial charge is 0.298 e. The Kier molecular flexibility index (Phi) is 3.96. The number of nitrogens with zero attached hydrogens (tertiary/aromatic N) is 1. The van der Waals surface area contributed by atoms with Gasteiger partial charge >= 0.3 is 0 Å². The molecule has 0 spiro atoms. The van der Waals surface area contributed by atoms with Gasteiger partial charge in [0.05, 0.1) is 10.3 Å². The van der Waals surface area contributed by atoms with Gasteiger partial charge in [-0.3, -0.25) is 14.9 Å². The van der Waals surface area contributed by atoms with Gasteiger partial charge in [0.1, 0.15) is 5.78 Å². The van der Waals surface area contributed by atoms with Crippen LogP contribution in [0.5, 0.6) is 0 Å². The van der Waals surface area contributed by atoms with E-state index in [0.29, 0.717) is 5.56 Å². The predicted molar refractivity (Wildman–Crippen MR) is 60.3 cm³/mol. The summed E-state index contributed by atoms with van der Waals surface area (Å²) in [7, 11) is 0. The van der Waals surface area contributed by atoms with E-state index in [1.807, 2.05) is 6.92 Å². The van der Waals surface area contributed by atoms with Crippen LogP contribution < -0.4 is 0 Å². The molecule has 0 heterocycles. The molecule has 0 unspecified atom stereocenters. The molecule has 80 valence electrons. The first-order valence-electron chi connectivity index (χ1n) is 4.36. The van der Waals surface area contributed by atoms with Crippen molar-refractivity contribution in [3.05, 3.63) is 39.4 Å². The molecule has 0 amide bonds. The van der Waals surface area contributed by atoms with Crippen molar-refractivity contribution in [3.63, 3.8) is 0 Å². The molecular formula is C10H10BrNO3. The number of nitro groups is 1. The standard InChI is InChI=1S/C10H10BrNO3/c1-7-2-3-10(12(14)15)8(4-7)5-9(13)6-11/h2-4H,5-6H2,1H3. The highest BCUT2D eigenvalue weighted by molar-refractivity contribution is 9.09. The molecule has 1 aromatic carbocycles. The molecule has 0 atom stereocenters. The van der Waals surface area contributed by atoms with E-state index in [-0.39, 0.29) is 23.2 Å². The number of halogens is 1. The van der Waals surface area contributed by atoms with Crippen molar-refractivity contribution < 1.29 is 9.72 Å². The van der Waals surface area contributed by atoms with Crippen molar-refractivity contribution >= 4 is 27.4 Å². The van der Waals surface area contributed by atoms with Gasteiger partial charge in [-0.1, -0.05) is 27.6 Å². The number of alkyl halides is 1. The summed E-state index contributed by atoms with van der Waals surface area (Å²) in [6.07, 6.45) is 0.100. The molecule has 5 heteroatoms. The lowest BCUT2D eigenvalue weighted by atomic mass is 10.0. The van der Waals surface area contributed by atoms with E-state index in [9.17, 15) is 14.9 Å². The Labute approximate surface area is 95.6 Å². The van der Waals surface area contributed by atoms with Gasteiger partial charge in [-0.25, -0.2) is 0 Å². The number of benzene rings is 1. The summed E-state index contributed by atoms with van der Waals surface area (Å²) < 4.78 is 0. The van der Waals surface area contributed by atoms with Gasteiger partial charge in [0.25, 0.3) is 5.69 Å². The van der Waals surface area contributed by atoms with Crippen molar-refractivity contribution in [1.82, 2.24) is 0 Å². The normalized spacial score (nSPS) is 10.0. The Hall–Kier alpha value is -1.23. The van der Waals surface area contributed by atoms with Gasteiger partial charge in [-0.05, 0) is 13.0 Å². The van der Waals surface area contributed by atoms with Gasteiger partial charge in [-0.15, -0.1) is 0 Å². The molecule has 0 aliphatic rings. The quantitative estimate of drug-likeness (QED) is 0.480. The molecule has 1 rings (SSSR count). The fourth-order valence-electron chi connectivity index (χ4n) is 1.29. The predicted octanol–water partition coefficient (Wildman–Crippen LogP) is 2.41. The Morgan fingerprint density at radius 2 is 2.20 bits per heavy atom. The highest BCUT2D eigenvalue weighted by Crippen LogP contribution is 2.20. The lowest BCUT2D eigenvalue weighted by Crippen LogP contribution is -2.06. The van der Waals surface area contributed by atoms with Crippen LogP contribution in [0.1, 0.15) is 11.1 Å². The first-order valence-corrected chi connectivity index (χ1v) is 5.48. The zero-order valence-corrected chi connectivity index (χ0v) is 9.78. The first-order chi connectivity index (χ1) is 7.04. The molecule has 0 aliphatic heterocycles. The molecule has 0 bridgehead atoms. The smallest absolute Gasteiger partial charge is 0.273 e. The van der Waals surface area contributed by atoms with Crippen LogP contribution >= 0.6 is 15.9 Å². The third kappa shape index (κ3) is 3.13. The van der Waals surface area contributed by atoms with Gasteiger partial charge in [-0.2, -0.15) is 0 Å². The number of rotatable bonds is 4. The van der Waals surface area contributed by atoms with Crippen LogP contribution in [0.2, 0.25) is 0 Å². The number of hydrogen-bond acceptors (Lipinski definition) is 3.